The van der Waals surface area contributed by atoms with Gasteiger partial charge in [-0.3, -0.25) is 0 Å². The maximum atomic E-state index is 4.87. The van der Waals surface area contributed by atoms with Crippen molar-refractivity contribution in [3.63, 3.8) is 0 Å². The Morgan fingerprint density at radius 3 is 2.29 bits per heavy atom. The standard InChI is InChI=1S/C19H12N4S/c1-3-7-13(8-4-1)15-11-24-19-16(15)18-20-12-21-23(18)17(22-19)14-9-5-2-6-10-14/h1-12H. The Hall–Kier alpha value is -3.05. The van der Waals surface area contributed by atoms with Gasteiger partial charge < -0.3 is 0 Å². The fourth-order valence-electron chi connectivity index (χ4n) is 2.96. The number of nitrogens with zero attached hydrogens (tertiary/aromatic N) is 4. The number of thiophene rings is 1. The number of benzene rings is 2. The first-order valence-electron chi connectivity index (χ1n) is 7.63. The SMILES string of the molecule is c1ccc(-c2csc3nc(-c4ccccc4)n4ncnc4c23)cc1. The van der Waals surface area contributed by atoms with Crippen LogP contribution in [0.5, 0.6) is 0 Å². The maximum absolute atomic E-state index is 4.87. The molecule has 0 saturated carbocycles. The van der Waals surface area contributed by atoms with Gasteiger partial charge in [-0.05, 0) is 5.56 Å². The van der Waals surface area contributed by atoms with Crippen LogP contribution in [-0.2, 0) is 0 Å². The van der Waals surface area contributed by atoms with E-state index < -0.39 is 0 Å². The van der Waals surface area contributed by atoms with E-state index >= 15 is 0 Å². The maximum Gasteiger partial charge on any atom is 0.168 e. The first-order valence-corrected chi connectivity index (χ1v) is 8.51. The van der Waals surface area contributed by atoms with Crippen LogP contribution in [0.15, 0.2) is 72.4 Å². The summed E-state index contributed by atoms with van der Waals surface area (Å²) < 4.78 is 1.83. The summed E-state index contributed by atoms with van der Waals surface area (Å²) in [6, 6.07) is 20.4. The first-order chi connectivity index (χ1) is 11.9. The van der Waals surface area contributed by atoms with Crippen molar-refractivity contribution < 1.29 is 0 Å². The van der Waals surface area contributed by atoms with Crippen LogP contribution in [0.25, 0.3) is 38.4 Å². The summed E-state index contributed by atoms with van der Waals surface area (Å²) in [5, 5.41) is 7.62. The molecule has 0 spiro atoms. The van der Waals surface area contributed by atoms with E-state index in [0.717, 1.165) is 32.8 Å². The molecule has 114 valence electrons. The predicted octanol–water partition coefficient (Wildman–Crippen LogP) is 4.67. The topological polar surface area (TPSA) is 43.1 Å². The number of hydrogen-bond acceptors (Lipinski definition) is 4. The highest BCUT2D eigenvalue weighted by Gasteiger charge is 2.17. The molecule has 0 N–H and O–H groups in total. The summed E-state index contributed by atoms with van der Waals surface area (Å²) in [4.78, 5) is 10.4. The molecule has 0 radical (unpaired) electrons. The second-order valence-corrected chi connectivity index (χ2v) is 6.35. The third-order valence-electron chi connectivity index (χ3n) is 4.07. The second kappa shape index (κ2) is 5.25. The molecule has 5 aromatic rings. The van der Waals surface area contributed by atoms with E-state index in [9.17, 15) is 0 Å². The van der Waals surface area contributed by atoms with E-state index in [4.69, 9.17) is 4.98 Å². The minimum atomic E-state index is 0.817. The molecule has 0 atom stereocenters. The van der Waals surface area contributed by atoms with Crippen molar-refractivity contribution in [3.8, 4) is 22.5 Å². The van der Waals surface area contributed by atoms with Gasteiger partial charge in [-0.1, -0.05) is 60.7 Å². The molecule has 5 rings (SSSR count). The van der Waals surface area contributed by atoms with Gasteiger partial charge in [0.25, 0.3) is 0 Å². The van der Waals surface area contributed by atoms with Crippen LogP contribution in [0.3, 0.4) is 0 Å². The molecular weight excluding hydrogens is 316 g/mol. The Morgan fingerprint density at radius 1 is 0.833 bits per heavy atom. The highest BCUT2D eigenvalue weighted by atomic mass is 32.1. The average molecular weight is 328 g/mol. The Bertz CT molecular complexity index is 1140. The third-order valence-corrected chi connectivity index (χ3v) is 4.94. The fraction of sp³-hybridized carbons (Fsp3) is 0. The molecule has 0 saturated heterocycles. The van der Waals surface area contributed by atoms with E-state index in [1.54, 1.807) is 17.7 Å². The Kier molecular flexibility index (Phi) is 2.93. The van der Waals surface area contributed by atoms with Crippen LogP contribution >= 0.6 is 11.3 Å². The van der Waals surface area contributed by atoms with E-state index in [0.29, 0.717) is 0 Å². The lowest BCUT2D eigenvalue weighted by Crippen LogP contribution is -1.98. The van der Waals surface area contributed by atoms with Crippen molar-refractivity contribution in [2.45, 2.75) is 0 Å². The van der Waals surface area contributed by atoms with Gasteiger partial charge in [-0.2, -0.15) is 9.61 Å². The second-order valence-electron chi connectivity index (χ2n) is 5.49. The zero-order valence-electron chi connectivity index (χ0n) is 12.6. The number of rotatable bonds is 2. The van der Waals surface area contributed by atoms with Gasteiger partial charge in [0.1, 0.15) is 11.2 Å². The van der Waals surface area contributed by atoms with Gasteiger partial charge in [0, 0.05) is 16.5 Å². The molecule has 3 heterocycles. The zero-order valence-corrected chi connectivity index (χ0v) is 13.4. The number of hydrogen-bond donors (Lipinski definition) is 0. The highest BCUT2D eigenvalue weighted by Crippen LogP contribution is 2.36. The summed E-state index contributed by atoms with van der Waals surface area (Å²) in [5.41, 5.74) is 4.20. The molecule has 0 amide bonds. The van der Waals surface area contributed by atoms with Crippen molar-refractivity contribution in [1.82, 2.24) is 19.6 Å². The lowest BCUT2D eigenvalue weighted by atomic mass is 10.1. The molecule has 0 aliphatic rings. The van der Waals surface area contributed by atoms with Crippen molar-refractivity contribution >= 4 is 27.2 Å². The summed E-state index contributed by atoms with van der Waals surface area (Å²) in [7, 11) is 0. The van der Waals surface area contributed by atoms with Gasteiger partial charge in [-0.15, -0.1) is 11.3 Å². The van der Waals surface area contributed by atoms with E-state index in [2.05, 4.69) is 27.6 Å². The summed E-state index contributed by atoms with van der Waals surface area (Å²) in [6.07, 6.45) is 1.59. The molecule has 0 aliphatic heterocycles. The molecule has 0 fully saturated rings. The van der Waals surface area contributed by atoms with E-state index in [1.165, 1.54) is 5.56 Å². The van der Waals surface area contributed by atoms with E-state index in [1.807, 2.05) is 53.0 Å². The minimum absolute atomic E-state index is 0.817. The average Bonchev–Trinajstić information content (AvgIpc) is 3.29. The largest absolute Gasteiger partial charge is 0.217 e. The molecule has 4 nitrogen and oxygen atoms in total. The lowest BCUT2D eigenvalue weighted by molar-refractivity contribution is 0.947. The summed E-state index contributed by atoms with van der Waals surface area (Å²) in [6.45, 7) is 0. The highest BCUT2D eigenvalue weighted by molar-refractivity contribution is 7.17. The summed E-state index contributed by atoms with van der Waals surface area (Å²) in [5.74, 6) is 0.817. The molecule has 0 aliphatic carbocycles. The zero-order chi connectivity index (χ0) is 15.9. The fourth-order valence-corrected chi connectivity index (χ4v) is 3.90. The monoisotopic (exact) mass is 328 g/mol. The van der Waals surface area contributed by atoms with Gasteiger partial charge in [0.05, 0.1) is 5.39 Å². The van der Waals surface area contributed by atoms with Gasteiger partial charge >= 0.3 is 0 Å². The third kappa shape index (κ3) is 1.95. The van der Waals surface area contributed by atoms with Gasteiger partial charge in [0.2, 0.25) is 0 Å². The lowest BCUT2D eigenvalue weighted by Gasteiger charge is -2.06. The van der Waals surface area contributed by atoms with E-state index in [-0.39, 0.29) is 0 Å². The van der Waals surface area contributed by atoms with Gasteiger partial charge in [0.15, 0.2) is 11.5 Å². The predicted molar refractivity (Wildman–Crippen MR) is 97.0 cm³/mol. The molecule has 0 unspecified atom stereocenters. The molecule has 2 aromatic carbocycles. The Morgan fingerprint density at radius 2 is 1.54 bits per heavy atom. The number of fused-ring (bicyclic) bond motifs is 3. The van der Waals surface area contributed by atoms with Crippen molar-refractivity contribution in [2.24, 2.45) is 0 Å². The molecule has 24 heavy (non-hydrogen) atoms. The van der Waals surface area contributed by atoms with Gasteiger partial charge in [-0.25, -0.2) is 9.97 Å². The minimum Gasteiger partial charge on any atom is -0.217 e. The van der Waals surface area contributed by atoms with Crippen LogP contribution in [0.1, 0.15) is 0 Å². The molecule has 3 aromatic heterocycles. The molecular formula is C19H12N4S. The smallest absolute Gasteiger partial charge is 0.168 e. The quantitative estimate of drug-likeness (QED) is 0.473. The molecule has 0 bridgehead atoms. The molecule has 5 heteroatoms. The van der Waals surface area contributed by atoms with Crippen molar-refractivity contribution in [2.75, 3.05) is 0 Å². The summed E-state index contributed by atoms with van der Waals surface area (Å²) >= 11 is 1.64. The van der Waals surface area contributed by atoms with Crippen LogP contribution in [0, 0.1) is 0 Å². The van der Waals surface area contributed by atoms with Crippen molar-refractivity contribution in [1.29, 1.82) is 0 Å². The Labute approximate surface area is 142 Å². The van der Waals surface area contributed by atoms with Crippen molar-refractivity contribution in [3.05, 3.63) is 72.4 Å². The first kappa shape index (κ1) is 13.4. The Balaban J connectivity index is 1.86. The number of aromatic nitrogens is 4. The normalized spacial score (nSPS) is 11.3. The van der Waals surface area contributed by atoms with Crippen LogP contribution < -0.4 is 0 Å². The van der Waals surface area contributed by atoms with Crippen LogP contribution in [0.4, 0.5) is 0 Å². The van der Waals surface area contributed by atoms with Crippen LogP contribution in [-0.4, -0.2) is 19.6 Å². The van der Waals surface area contributed by atoms with Crippen LogP contribution in [0.2, 0.25) is 0 Å².